The summed E-state index contributed by atoms with van der Waals surface area (Å²) in [6.07, 6.45) is 4.18. The molecule has 43 heavy (non-hydrogen) atoms. The lowest BCUT2D eigenvalue weighted by Gasteiger charge is -2.18. The molecular weight excluding hydrogens is 693 g/mol. The molecule has 8 rings (SSSR count). The van der Waals surface area contributed by atoms with Crippen LogP contribution in [0.25, 0.3) is 20.4 Å². The van der Waals surface area contributed by atoms with Crippen molar-refractivity contribution in [1.29, 1.82) is 0 Å². The summed E-state index contributed by atoms with van der Waals surface area (Å²) in [7, 11) is -1.85. The van der Waals surface area contributed by atoms with E-state index in [1.807, 2.05) is 0 Å². The van der Waals surface area contributed by atoms with Crippen molar-refractivity contribution in [3.05, 3.63) is 69.7 Å². The van der Waals surface area contributed by atoms with Crippen molar-refractivity contribution in [3.8, 4) is 0 Å². The number of rotatable bonds is 3. The summed E-state index contributed by atoms with van der Waals surface area (Å²) in [5.41, 5.74) is 10.9. The fourth-order valence-electron chi connectivity index (χ4n) is 5.39. The second-order valence-corrected chi connectivity index (χ2v) is 16.4. The van der Waals surface area contributed by atoms with Gasteiger partial charge in [0.1, 0.15) is 0 Å². The maximum absolute atomic E-state index is 12.7. The smallest absolute Gasteiger partial charge is 0.261 e. The molecule has 2 aromatic heterocycles. The first-order chi connectivity index (χ1) is 19.7. The number of nitrogens with one attached hydrogen (secondary N) is 2. The van der Waals surface area contributed by atoms with Crippen LogP contribution in [0.3, 0.4) is 0 Å². The first-order valence-electron chi connectivity index (χ1n) is 13.1. The average Bonchev–Trinajstić information content (AvgIpc) is 3.77. The number of benzene rings is 2. The van der Waals surface area contributed by atoms with Gasteiger partial charge in [-0.15, -0.1) is 47.5 Å². The van der Waals surface area contributed by atoms with Crippen LogP contribution < -0.4 is 10.6 Å². The van der Waals surface area contributed by atoms with Crippen LogP contribution in [-0.4, -0.2) is 70.4 Å². The fraction of sp³-hybridized carbons (Fsp3) is 0.333. The van der Waals surface area contributed by atoms with Crippen LogP contribution >= 0.6 is 58.2 Å². The molecule has 0 unspecified atom stereocenters. The van der Waals surface area contributed by atoms with E-state index in [9.17, 15) is 16.8 Å². The predicted octanol–water partition coefficient (Wildman–Crippen LogP) is 5.34. The lowest BCUT2D eigenvalue weighted by Crippen LogP contribution is -2.32. The number of sulfonamides is 1. The summed E-state index contributed by atoms with van der Waals surface area (Å²) in [6.45, 7) is 5.05. The first-order valence-corrected chi connectivity index (χ1v) is 18.6. The molecule has 0 saturated carbocycles. The zero-order valence-corrected chi connectivity index (χ0v) is 28.4. The minimum absolute atomic E-state index is 0. The van der Waals surface area contributed by atoms with E-state index < -0.39 is 19.1 Å². The summed E-state index contributed by atoms with van der Waals surface area (Å²) in [5.74, 6) is 0. The molecule has 1 aliphatic carbocycles. The summed E-state index contributed by atoms with van der Waals surface area (Å²) >= 11 is 2.85. The summed E-state index contributed by atoms with van der Waals surface area (Å²) < 4.78 is 50.6. The highest BCUT2D eigenvalue weighted by molar-refractivity contribution is 8.13. The summed E-state index contributed by atoms with van der Waals surface area (Å²) in [5, 5.41) is 6.60. The number of aromatic nitrogens is 2. The van der Waals surface area contributed by atoms with Gasteiger partial charge in [-0.25, -0.2) is 26.8 Å². The molecule has 0 spiro atoms. The molecule has 2 aromatic carbocycles. The molecule has 0 atom stereocenters. The van der Waals surface area contributed by atoms with Gasteiger partial charge >= 0.3 is 0 Å². The zero-order valence-electron chi connectivity index (χ0n) is 22.8. The Kier molecular flexibility index (Phi) is 11.3. The van der Waals surface area contributed by atoms with Gasteiger partial charge < -0.3 is 10.6 Å². The predicted molar refractivity (Wildman–Crippen MR) is 179 cm³/mol. The number of halogens is 3. The van der Waals surface area contributed by atoms with Gasteiger partial charge in [0.2, 0.25) is 10.0 Å². The van der Waals surface area contributed by atoms with Crippen molar-refractivity contribution in [1.82, 2.24) is 24.9 Å². The Morgan fingerprint density at radius 1 is 0.698 bits per heavy atom. The highest BCUT2D eigenvalue weighted by Crippen LogP contribution is 2.30. The van der Waals surface area contributed by atoms with Gasteiger partial charge in [0.25, 0.3) is 9.05 Å². The van der Waals surface area contributed by atoms with Crippen LogP contribution in [-0.2, 0) is 19.1 Å². The molecule has 0 radical (unpaired) electrons. The van der Waals surface area contributed by atoms with E-state index >= 15 is 0 Å². The number of fused-ring (bicyclic) bond motifs is 2. The number of hydrogen-bond donors (Lipinski definition) is 2. The molecule has 232 valence electrons. The molecule has 4 aliphatic rings. The third-order valence-corrected chi connectivity index (χ3v) is 12.3. The largest absolute Gasteiger partial charge is 0.309 e. The lowest BCUT2D eigenvalue weighted by atomic mass is 10.2. The number of nitrogens with zero attached hydrogens (tertiary/aromatic N) is 3. The van der Waals surface area contributed by atoms with E-state index in [2.05, 4.69) is 20.6 Å². The van der Waals surface area contributed by atoms with E-state index in [0.29, 0.717) is 18.0 Å². The average molecular weight is 723 g/mol. The van der Waals surface area contributed by atoms with Gasteiger partial charge in [-0.05, 0) is 66.8 Å². The van der Waals surface area contributed by atoms with Crippen molar-refractivity contribution in [3.63, 3.8) is 0 Å². The van der Waals surface area contributed by atoms with E-state index in [-0.39, 0.29) is 29.7 Å². The molecule has 0 bridgehead atoms. The second kappa shape index (κ2) is 14.2. The first kappa shape index (κ1) is 34.2. The van der Waals surface area contributed by atoms with Crippen molar-refractivity contribution < 1.29 is 16.8 Å². The number of thiazole rings is 2. The monoisotopic (exact) mass is 721 g/mol. The van der Waals surface area contributed by atoms with Crippen LogP contribution in [0.15, 0.2) is 79.5 Å². The molecule has 3 aliphatic heterocycles. The molecule has 0 saturated heterocycles. The Hall–Kier alpha value is -1.65. The molecule has 16 heteroatoms. The maximum Gasteiger partial charge on any atom is 0.261 e. The zero-order chi connectivity index (χ0) is 28.6. The molecule has 0 fully saturated rings. The van der Waals surface area contributed by atoms with Gasteiger partial charge in [0.05, 0.1) is 41.2 Å². The van der Waals surface area contributed by atoms with Gasteiger partial charge in [-0.2, -0.15) is 4.31 Å². The van der Waals surface area contributed by atoms with Crippen molar-refractivity contribution in [2.75, 3.05) is 39.3 Å². The molecule has 5 heterocycles. The quantitative estimate of drug-likeness (QED) is 0.215. The summed E-state index contributed by atoms with van der Waals surface area (Å²) in [4.78, 5) is 8.68. The van der Waals surface area contributed by atoms with Gasteiger partial charge in [0.15, 0.2) is 0 Å². The topological polar surface area (TPSA) is 121 Å². The molecular formula is C27H30Cl3N5O4S4. The number of hydrogen-bond acceptors (Lipinski definition) is 10. The van der Waals surface area contributed by atoms with Gasteiger partial charge in [0, 0.05) is 50.0 Å². The van der Waals surface area contributed by atoms with Crippen LogP contribution in [0.4, 0.5) is 0 Å². The molecule has 2 N–H and O–H groups in total. The van der Waals surface area contributed by atoms with E-state index in [4.69, 9.17) is 10.7 Å². The van der Waals surface area contributed by atoms with Gasteiger partial charge in [-0.1, -0.05) is 11.1 Å². The van der Waals surface area contributed by atoms with Crippen LogP contribution in [0.1, 0.15) is 19.3 Å². The van der Waals surface area contributed by atoms with Crippen LogP contribution in [0, 0.1) is 0 Å². The van der Waals surface area contributed by atoms with Gasteiger partial charge in [-0.3, -0.25) is 0 Å². The normalized spacial score (nSPS) is 18.0. The van der Waals surface area contributed by atoms with E-state index in [1.54, 1.807) is 50.7 Å². The SMILES string of the molecule is C1CC2=C(C1)CNC2.Cl.Cl.O=S(=O)(Cl)c1ccc2ncsc2c1.O=S(=O)(c1ccc2ncsc2c1)N1CC2=C(CNC2)C1. The van der Waals surface area contributed by atoms with Crippen molar-refractivity contribution >= 4 is 97.7 Å². The standard InChI is InChI=1S/C13H13N3O2S2.C7H4ClNO2S2.C7H11N.2ClH/c17-20(18,16-6-9-4-14-5-10(9)7-16)11-1-2-12-13(3-11)19-8-15-12;8-13(10,11)5-1-2-6-7(3-5)12-4-9-6;1-2-6-4-8-5-7(6)3-1;;/h1-3,8,14H,4-7H2;1-4H;8H,1-5H2;2*1H. The Morgan fingerprint density at radius 3 is 1.67 bits per heavy atom. The highest BCUT2D eigenvalue weighted by atomic mass is 35.7. The minimum Gasteiger partial charge on any atom is -0.309 e. The minimum atomic E-state index is -3.62. The molecule has 4 aromatic rings. The summed E-state index contributed by atoms with van der Waals surface area (Å²) in [6, 6.07) is 9.77. The second-order valence-electron chi connectivity index (χ2n) is 10.1. The van der Waals surface area contributed by atoms with Crippen LogP contribution in [0.5, 0.6) is 0 Å². The maximum atomic E-state index is 12.7. The van der Waals surface area contributed by atoms with Crippen LogP contribution in [0.2, 0.25) is 0 Å². The van der Waals surface area contributed by atoms with Crippen molar-refractivity contribution in [2.45, 2.75) is 29.1 Å². The Morgan fingerprint density at radius 2 is 1.16 bits per heavy atom. The Balaban J connectivity index is 0.000000159. The molecule has 9 nitrogen and oxygen atoms in total. The Labute approximate surface area is 275 Å². The highest BCUT2D eigenvalue weighted by Gasteiger charge is 2.34. The van der Waals surface area contributed by atoms with Crippen molar-refractivity contribution in [2.24, 2.45) is 0 Å². The van der Waals surface area contributed by atoms with E-state index in [0.717, 1.165) is 33.5 Å². The fourth-order valence-corrected chi connectivity index (χ4v) is 9.21. The molecule has 0 amide bonds. The third kappa shape index (κ3) is 7.60. The van der Waals surface area contributed by atoms with E-state index in [1.165, 1.54) is 78.3 Å². The Bertz CT molecular complexity index is 1860. The lowest BCUT2D eigenvalue weighted by molar-refractivity contribution is 0.473. The third-order valence-electron chi connectivity index (χ3n) is 7.57.